The fourth-order valence-electron chi connectivity index (χ4n) is 1.70. The van der Waals surface area contributed by atoms with Gasteiger partial charge in [0, 0.05) is 19.0 Å². The minimum Gasteiger partial charge on any atom is -0.425 e. The van der Waals surface area contributed by atoms with E-state index >= 15 is 0 Å². The van der Waals surface area contributed by atoms with E-state index in [9.17, 15) is 0 Å². The lowest BCUT2D eigenvalue weighted by molar-refractivity contribution is 0.446. The topological polar surface area (TPSA) is 51.0 Å². The summed E-state index contributed by atoms with van der Waals surface area (Å²) in [5.41, 5.74) is 1.19. The van der Waals surface area contributed by atoms with E-state index in [0.717, 1.165) is 13.0 Å². The number of aromatic nitrogens is 2. The molecule has 4 nitrogen and oxygen atoms in total. The van der Waals surface area contributed by atoms with Crippen LogP contribution in [0.3, 0.4) is 0 Å². The van der Waals surface area contributed by atoms with Crippen LogP contribution in [-0.2, 0) is 12.8 Å². The van der Waals surface area contributed by atoms with Crippen LogP contribution in [0.2, 0.25) is 0 Å². The maximum absolute atomic E-state index is 5.61. The molecule has 0 fully saturated rings. The molecule has 0 radical (unpaired) electrons. The fraction of sp³-hybridized carbons (Fsp3) is 0.429. The van der Waals surface area contributed by atoms with Gasteiger partial charge in [-0.15, -0.1) is 10.2 Å². The first-order chi connectivity index (χ1) is 8.74. The van der Waals surface area contributed by atoms with Crippen molar-refractivity contribution in [3.63, 3.8) is 0 Å². The van der Waals surface area contributed by atoms with Crippen molar-refractivity contribution in [3.8, 4) is 0 Å². The predicted octanol–water partition coefficient (Wildman–Crippen LogP) is 2.20. The summed E-state index contributed by atoms with van der Waals surface area (Å²) < 4.78 is 5.61. The quantitative estimate of drug-likeness (QED) is 0.847. The van der Waals surface area contributed by atoms with Gasteiger partial charge >= 0.3 is 0 Å². The second kappa shape index (κ2) is 6.31. The summed E-state index contributed by atoms with van der Waals surface area (Å²) in [6.45, 7) is 5.11. The monoisotopic (exact) mass is 245 g/mol. The lowest BCUT2D eigenvalue weighted by Gasteiger charge is -2.04. The highest BCUT2D eigenvalue weighted by molar-refractivity contribution is 5.17. The SMILES string of the molecule is CC(C)NCCc1nnc(Cc2ccccc2)o1. The molecular formula is C14H19N3O. The Hall–Kier alpha value is -1.68. The summed E-state index contributed by atoms with van der Waals surface area (Å²) in [4.78, 5) is 0. The van der Waals surface area contributed by atoms with Crippen LogP contribution in [-0.4, -0.2) is 22.8 Å². The molecule has 0 aliphatic heterocycles. The van der Waals surface area contributed by atoms with Gasteiger partial charge in [-0.2, -0.15) is 0 Å². The summed E-state index contributed by atoms with van der Waals surface area (Å²) in [6, 6.07) is 10.6. The summed E-state index contributed by atoms with van der Waals surface area (Å²) >= 11 is 0. The molecule has 1 aromatic carbocycles. The molecule has 4 heteroatoms. The van der Waals surface area contributed by atoms with Crippen molar-refractivity contribution in [2.75, 3.05) is 6.54 Å². The van der Waals surface area contributed by atoms with Crippen molar-refractivity contribution in [1.29, 1.82) is 0 Å². The van der Waals surface area contributed by atoms with Gasteiger partial charge in [-0.3, -0.25) is 0 Å². The highest BCUT2D eigenvalue weighted by Crippen LogP contribution is 2.08. The first kappa shape index (κ1) is 12.8. The second-order valence-corrected chi connectivity index (χ2v) is 4.61. The van der Waals surface area contributed by atoms with E-state index in [4.69, 9.17) is 4.42 Å². The highest BCUT2D eigenvalue weighted by atomic mass is 16.4. The third-order valence-corrected chi connectivity index (χ3v) is 2.60. The van der Waals surface area contributed by atoms with Crippen LogP contribution in [0.1, 0.15) is 31.2 Å². The van der Waals surface area contributed by atoms with Crippen molar-refractivity contribution in [3.05, 3.63) is 47.7 Å². The van der Waals surface area contributed by atoms with Gasteiger partial charge in [-0.1, -0.05) is 44.2 Å². The van der Waals surface area contributed by atoms with Crippen LogP contribution in [0.25, 0.3) is 0 Å². The molecule has 0 saturated heterocycles. The second-order valence-electron chi connectivity index (χ2n) is 4.61. The summed E-state index contributed by atoms with van der Waals surface area (Å²) in [5.74, 6) is 1.38. The Bertz CT molecular complexity index is 465. The smallest absolute Gasteiger partial charge is 0.220 e. The number of hydrogen-bond acceptors (Lipinski definition) is 4. The lowest BCUT2D eigenvalue weighted by Crippen LogP contribution is -2.25. The van der Waals surface area contributed by atoms with Gasteiger partial charge < -0.3 is 9.73 Å². The molecule has 0 aliphatic carbocycles. The molecule has 0 aliphatic rings. The number of benzene rings is 1. The molecule has 0 unspecified atom stereocenters. The molecule has 0 atom stereocenters. The molecule has 96 valence electrons. The summed E-state index contributed by atoms with van der Waals surface area (Å²) in [7, 11) is 0. The van der Waals surface area contributed by atoms with Gasteiger partial charge in [0.1, 0.15) is 0 Å². The third-order valence-electron chi connectivity index (χ3n) is 2.60. The van der Waals surface area contributed by atoms with Gasteiger partial charge in [0.15, 0.2) is 0 Å². The largest absolute Gasteiger partial charge is 0.425 e. The molecule has 1 aromatic heterocycles. The molecule has 1 heterocycles. The standard InChI is InChI=1S/C14H19N3O/c1-11(2)15-9-8-13-16-17-14(18-13)10-12-6-4-3-5-7-12/h3-7,11,15H,8-10H2,1-2H3. The number of rotatable bonds is 6. The Morgan fingerprint density at radius 1 is 1.11 bits per heavy atom. The average Bonchev–Trinajstić information content (AvgIpc) is 2.78. The molecule has 0 bridgehead atoms. The van der Waals surface area contributed by atoms with E-state index in [0.29, 0.717) is 24.2 Å². The van der Waals surface area contributed by atoms with E-state index in [1.54, 1.807) is 0 Å². The minimum atomic E-state index is 0.483. The van der Waals surface area contributed by atoms with E-state index in [2.05, 4.69) is 41.5 Å². The van der Waals surface area contributed by atoms with Crippen molar-refractivity contribution in [2.24, 2.45) is 0 Å². The number of nitrogens with zero attached hydrogens (tertiary/aromatic N) is 2. The minimum absolute atomic E-state index is 0.483. The van der Waals surface area contributed by atoms with E-state index in [-0.39, 0.29) is 0 Å². The van der Waals surface area contributed by atoms with Crippen molar-refractivity contribution < 1.29 is 4.42 Å². The Labute approximate surface area is 107 Å². The van der Waals surface area contributed by atoms with Gasteiger partial charge in [-0.25, -0.2) is 0 Å². The number of nitrogens with one attached hydrogen (secondary N) is 1. The van der Waals surface area contributed by atoms with Crippen LogP contribution in [0.4, 0.5) is 0 Å². The maximum atomic E-state index is 5.61. The molecule has 0 saturated carbocycles. The van der Waals surface area contributed by atoms with Crippen LogP contribution >= 0.6 is 0 Å². The Kier molecular flexibility index (Phi) is 4.47. The molecule has 1 N–H and O–H groups in total. The molecule has 2 aromatic rings. The maximum Gasteiger partial charge on any atom is 0.220 e. The van der Waals surface area contributed by atoms with Gasteiger partial charge in [0.25, 0.3) is 0 Å². The fourth-order valence-corrected chi connectivity index (χ4v) is 1.70. The molecule has 0 amide bonds. The Morgan fingerprint density at radius 2 is 1.83 bits per heavy atom. The van der Waals surface area contributed by atoms with Crippen LogP contribution in [0, 0.1) is 0 Å². The first-order valence-electron chi connectivity index (χ1n) is 6.32. The van der Waals surface area contributed by atoms with Crippen LogP contribution in [0.5, 0.6) is 0 Å². The Morgan fingerprint density at radius 3 is 2.56 bits per heavy atom. The van der Waals surface area contributed by atoms with Gasteiger partial charge in [-0.05, 0) is 5.56 Å². The van der Waals surface area contributed by atoms with Crippen LogP contribution in [0.15, 0.2) is 34.7 Å². The van der Waals surface area contributed by atoms with E-state index in [1.807, 2.05) is 18.2 Å². The van der Waals surface area contributed by atoms with Crippen LogP contribution < -0.4 is 5.32 Å². The summed E-state index contributed by atoms with van der Waals surface area (Å²) in [5, 5.41) is 11.4. The summed E-state index contributed by atoms with van der Waals surface area (Å²) in [6.07, 6.45) is 1.48. The highest BCUT2D eigenvalue weighted by Gasteiger charge is 2.06. The first-order valence-corrected chi connectivity index (χ1v) is 6.32. The lowest BCUT2D eigenvalue weighted by atomic mass is 10.2. The normalized spacial score (nSPS) is 11.1. The van der Waals surface area contributed by atoms with Gasteiger partial charge in [0.2, 0.25) is 11.8 Å². The number of hydrogen-bond donors (Lipinski definition) is 1. The van der Waals surface area contributed by atoms with Crippen molar-refractivity contribution >= 4 is 0 Å². The molecule has 18 heavy (non-hydrogen) atoms. The predicted molar refractivity (Wildman–Crippen MR) is 70.4 cm³/mol. The van der Waals surface area contributed by atoms with E-state index < -0.39 is 0 Å². The third kappa shape index (κ3) is 3.96. The zero-order valence-electron chi connectivity index (χ0n) is 10.9. The van der Waals surface area contributed by atoms with Gasteiger partial charge in [0.05, 0.1) is 6.42 Å². The Balaban J connectivity index is 1.86. The molecule has 2 rings (SSSR count). The van der Waals surface area contributed by atoms with Crippen molar-refractivity contribution in [2.45, 2.75) is 32.7 Å². The van der Waals surface area contributed by atoms with E-state index in [1.165, 1.54) is 5.56 Å². The zero-order chi connectivity index (χ0) is 12.8. The average molecular weight is 245 g/mol. The van der Waals surface area contributed by atoms with Crippen molar-refractivity contribution in [1.82, 2.24) is 15.5 Å². The zero-order valence-corrected chi connectivity index (χ0v) is 10.9. The molecule has 0 spiro atoms. The molecular weight excluding hydrogens is 226 g/mol.